The van der Waals surface area contributed by atoms with Gasteiger partial charge in [0.05, 0.1) is 6.21 Å². The Morgan fingerprint density at radius 1 is 1.64 bits per heavy atom. The molecular formula is C7H12N4O3. The van der Waals surface area contributed by atoms with Crippen LogP contribution < -0.4 is 5.32 Å². The van der Waals surface area contributed by atoms with E-state index in [4.69, 9.17) is 9.94 Å². The van der Waals surface area contributed by atoms with Crippen LogP contribution in [0.3, 0.4) is 0 Å². The van der Waals surface area contributed by atoms with E-state index in [9.17, 15) is 0 Å². The number of anilines is 1. The van der Waals surface area contributed by atoms with Gasteiger partial charge >= 0.3 is 0 Å². The highest BCUT2D eigenvalue weighted by atomic mass is 16.6. The number of rotatable bonds is 6. The molecule has 78 valence electrons. The molecule has 0 aliphatic rings. The predicted octanol–water partition coefficient (Wildman–Crippen LogP) is 0.326. The minimum atomic E-state index is 0.366. The summed E-state index contributed by atoms with van der Waals surface area (Å²) in [5, 5.41) is 21.2. The Hall–Kier alpha value is -1.63. The number of oxime groups is 1. The fourth-order valence-electron chi connectivity index (χ4n) is 0.881. The summed E-state index contributed by atoms with van der Waals surface area (Å²) in [6.07, 6.45) is 1.99. The lowest BCUT2D eigenvalue weighted by Crippen LogP contribution is -2.06. The van der Waals surface area contributed by atoms with Crippen LogP contribution in [0.5, 0.6) is 0 Å². The van der Waals surface area contributed by atoms with Gasteiger partial charge in [0.1, 0.15) is 0 Å². The van der Waals surface area contributed by atoms with Crippen molar-refractivity contribution in [3.63, 3.8) is 0 Å². The number of aromatic nitrogens is 2. The van der Waals surface area contributed by atoms with Gasteiger partial charge in [0.2, 0.25) is 0 Å². The quantitative estimate of drug-likeness (QED) is 0.297. The van der Waals surface area contributed by atoms with Gasteiger partial charge in [-0.1, -0.05) is 5.16 Å². The third-order valence-corrected chi connectivity index (χ3v) is 1.51. The zero-order chi connectivity index (χ0) is 10.2. The Morgan fingerprint density at radius 2 is 2.50 bits per heavy atom. The fraction of sp³-hybridized carbons (Fsp3) is 0.571. The second-order valence-corrected chi connectivity index (χ2v) is 2.52. The molecule has 0 radical (unpaired) electrons. The Labute approximate surface area is 80.7 Å². The van der Waals surface area contributed by atoms with Crippen molar-refractivity contribution in [1.82, 2.24) is 10.3 Å². The van der Waals surface area contributed by atoms with Gasteiger partial charge in [0.25, 0.3) is 0 Å². The van der Waals surface area contributed by atoms with Gasteiger partial charge in [-0.15, -0.1) is 0 Å². The first-order valence-corrected chi connectivity index (χ1v) is 4.11. The molecule has 0 fully saturated rings. The zero-order valence-electron chi connectivity index (χ0n) is 7.80. The highest BCUT2D eigenvalue weighted by Crippen LogP contribution is 2.06. The Bertz CT molecular complexity index is 286. The van der Waals surface area contributed by atoms with Gasteiger partial charge in [-0.05, 0) is 16.7 Å². The second-order valence-electron chi connectivity index (χ2n) is 2.52. The normalized spacial score (nSPS) is 10.9. The zero-order valence-corrected chi connectivity index (χ0v) is 7.80. The SMILES string of the molecule is COCCCNc1nonc1C=NO. The van der Waals surface area contributed by atoms with E-state index in [1.54, 1.807) is 7.11 Å². The molecule has 0 saturated carbocycles. The van der Waals surface area contributed by atoms with Gasteiger partial charge in [0.15, 0.2) is 11.5 Å². The molecule has 0 spiro atoms. The lowest BCUT2D eigenvalue weighted by atomic mass is 10.4. The van der Waals surface area contributed by atoms with Crippen LogP contribution in [0.25, 0.3) is 0 Å². The largest absolute Gasteiger partial charge is 0.411 e. The van der Waals surface area contributed by atoms with E-state index in [1.165, 1.54) is 0 Å². The molecule has 0 atom stereocenters. The van der Waals surface area contributed by atoms with E-state index in [2.05, 4.69) is 25.4 Å². The van der Waals surface area contributed by atoms with Crippen molar-refractivity contribution in [3.05, 3.63) is 5.69 Å². The summed E-state index contributed by atoms with van der Waals surface area (Å²) in [5.41, 5.74) is 0.366. The predicted molar refractivity (Wildman–Crippen MR) is 48.7 cm³/mol. The van der Waals surface area contributed by atoms with Crippen LogP contribution in [-0.2, 0) is 4.74 Å². The standard InChI is InChI=1S/C7H12N4O3/c1-13-4-2-3-8-7-6(5-9-12)10-14-11-7/h5,12H,2-4H2,1H3,(H,8,11). The smallest absolute Gasteiger partial charge is 0.200 e. The molecule has 0 bridgehead atoms. The molecule has 0 unspecified atom stereocenters. The van der Waals surface area contributed by atoms with Gasteiger partial charge in [-0.3, -0.25) is 0 Å². The first-order chi connectivity index (χ1) is 6.88. The topological polar surface area (TPSA) is 92.8 Å². The number of methoxy groups -OCH3 is 1. The summed E-state index contributed by atoms with van der Waals surface area (Å²) >= 11 is 0. The average molecular weight is 200 g/mol. The number of nitrogens with zero attached hydrogens (tertiary/aromatic N) is 3. The van der Waals surface area contributed by atoms with Crippen molar-refractivity contribution in [1.29, 1.82) is 0 Å². The molecule has 1 heterocycles. The molecule has 7 heteroatoms. The maximum absolute atomic E-state index is 8.28. The maximum Gasteiger partial charge on any atom is 0.200 e. The molecule has 2 N–H and O–H groups in total. The van der Waals surface area contributed by atoms with Gasteiger partial charge in [-0.2, -0.15) is 0 Å². The lowest BCUT2D eigenvalue weighted by molar-refractivity contribution is 0.197. The lowest BCUT2D eigenvalue weighted by Gasteiger charge is -2.00. The van der Waals surface area contributed by atoms with E-state index in [0.29, 0.717) is 24.7 Å². The first kappa shape index (κ1) is 10.5. The van der Waals surface area contributed by atoms with Crippen LogP contribution in [0.2, 0.25) is 0 Å². The van der Waals surface area contributed by atoms with Crippen molar-refractivity contribution in [2.45, 2.75) is 6.42 Å². The summed E-state index contributed by atoms with van der Waals surface area (Å²) in [6, 6.07) is 0. The van der Waals surface area contributed by atoms with Crippen molar-refractivity contribution < 1.29 is 14.6 Å². The van der Waals surface area contributed by atoms with E-state index in [-0.39, 0.29) is 0 Å². The maximum atomic E-state index is 8.28. The third-order valence-electron chi connectivity index (χ3n) is 1.51. The second kappa shape index (κ2) is 5.92. The molecule has 1 aromatic rings. The minimum Gasteiger partial charge on any atom is -0.411 e. The van der Waals surface area contributed by atoms with E-state index >= 15 is 0 Å². The van der Waals surface area contributed by atoms with Crippen LogP contribution in [0.1, 0.15) is 12.1 Å². The molecule has 7 nitrogen and oxygen atoms in total. The minimum absolute atomic E-state index is 0.366. The summed E-state index contributed by atoms with van der Waals surface area (Å²) in [6.45, 7) is 1.36. The Morgan fingerprint density at radius 3 is 3.21 bits per heavy atom. The monoisotopic (exact) mass is 200 g/mol. The highest BCUT2D eigenvalue weighted by Gasteiger charge is 2.06. The fourth-order valence-corrected chi connectivity index (χ4v) is 0.881. The van der Waals surface area contributed by atoms with Crippen LogP contribution in [0, 0.1) is 0 Å². The van der Waals surface area contributed by atoms with Gasteiger partial charge < -0.3 is 15.3 Å². The highest BCUT2D eigenvalue weighted by molar-refractivity contribution is 5.82. The number of hydrogen-bond acceptors (Lipinski definition) is 7. The Kier molecular flexibility index (Phi) is 4.42. The van der Waals surface area contributed by atoms with Crippen LogP contribution in [0.15, 0.2) is 9.78 Å². The van der Waals surface area contributed by atoms with Crippen molar-refractivity contribution in [2.75, 3.05) is 25.6 Å². The van der Waals surface area contributed by atoms with Gasteiger partial charge in [-0.25, -0.2) is 4.63 Å². The summed E-state index contributed by atoms with van der Waals surface area (Å²) in [7, 11) is 1.64. The number of hydrogen-bond donors (Lipinski definition) is 2. The molecule has 0 aromatic carbocycles. The number of nitrogens with one attached hydrogen (secondary N) is 1. The Balaban J connectivity index is 2.38. The van der Waals surface area contributed by atoms with E-state index in [0.717, 1.165) is 12.6 Å². The van der Waals surface area contributed by atoms with Crippen LogP contribution >= 0.6 is 0 Å². The molecule has 0 aliphatic carbocycles. The van der Waals surface area contributed by atoms with Crippen molar-refractivity contribution in [3.8, 4) is 0 Å². The third kappa shape index (κ3) is 3.02. The molecular weight excluding hydrogens is 188 g/mol. The summed E-state index contributed by atoms with van der Waals surface area (Å²) in [5.74, 6) is 0.457. The number of ether oxygens (including phenoxy) is 1. The van der Waals surface area contributed by atoms with Crippen LogP contribution in [-0.4, -0.2) is 42.0 Å². The van der Waals surface area contributed by atoms with E-state index in [1.807, 2.05) is 0 Å². The molecule has 1 rings (SSSR count). The average Bonchev–Trinajstić information content (AvgIpc) is 2.61. The molecule has 0 aliphatic heterocycles. The molecule has 14 heavy (non-hydrogen) atoms. The summed E-state index contributed by atoms with van der Waals surface area (Å²) < 4.78 is 9.33. The molecule has 0 amide bonds. The van der Waals surface area contributed by atoms with E-state index < -0.39 is 0 Å². The first-order valence-electron chi connectivity index (χ1n) is 4.11. The molecule has 0 saturated heterocycles. The van der Waals surface area contributed by atoms with Gasteiger partial charge in [0, 0.05) is 20.3 Å². The van der Waals surface area contributed by atoms with Crippen molar-refractivity contribution in [2.24, 2.45) is 5.16 Å². The summed E-state index contributed by atoms with van der Waals surface area (Å²) in [4.78, 5) is 0. The van der Waals surface area contributed by atoms with Crippen LogP contribution in [0.4, 0.5) is 5.82 Å². The molecule has 1 aromatic heterocycles. The van der Waals surface area contributed by atoms with Crippen molar-refractivity contribution >= 4 is 12.0 Å².